The lowest BCUT2D eigenvalue weighted by Crippen LogP contribution is -2.25. The summed E-state index contributed by atoms with van der Waals surface area (Å²) >= 11 is 4.29. The van der Waals surface area contributed by atoms with E-state index in [-0.39, 0.29) is 54.5 Å². The number of benzene rings is 1. The van der Waals surface area contributed by atoms with Crippen molar-refractivity contribution in [3.8, 4) is 0 Å². The standard InChI is InChI=1S/C21H28BrFN5O7PS/c1-3-33-17(29)8-10-36(32,24-13-18(30)34-4-2)9-5-11-37-21-19(27-35-28-21)20(26-31)25-14-6-7-16(23)15(22)12-14/h6-7,12,31H,3-5,8-11,13H2,1-2H3,(H,24,32)(H,25,26). The number of aromatic nitrogens is 2. The molecule has 0 radical (unpaired) electrons. The summed E-state index contributed by atoms with van der Waals surface area (Å²) in [4.78, 5) is 27.7. The molecule has 1 unspecified atom stereocenters. The minimum atomic E-state index is -3.11. The number of amidine groups is 1. The second-order valence-electron chi connectivity index (χ2n) is 7.32. The van der Waals surface area contributed by atoms with Gasteiger partial charge in [0.15, 0.2) is 16.6 Å². The Balaban J connectivity index is 2.02. The van der Waals surface area contributed by atoms with Gasteiger partial charge in [0.25, 0.3) is 0 Å². The van der Waals surface area contributed by atoms with Crippen LogP contribution in [0.5, 0.6) is 0 Å². The first-order chi connectivity index (χ1) is 17.7. The van der Waals surface area contributed by atoms with Crippen molar-refractivity contribution in [1.82, 2.24) is 20.9 Å². The van der Waals surface area contributed by atoms with Crippen molar-refractivity contribution in [2.45, 2.75) is 31.7 Å². The Morgan fingerprint density at radius 3 is 2.62 bits per heavy atom. The minimum Gasteiger partial charge on any atom is -0.466 e. The summed E-state index contributed by atoms with van der Waals surface area (Å²) in [5.74, 6) is -1.12. The lowest BCUT2D eigenvalue weighted by molar-refractivity contribution is -0.143. The first-order valence-electron chi connectivity index (χ1n) is 11.2. The van der Waals surface area contributed by atoms with E-state index in [1.54, 1.807) is 13.8 Å². The zero-order valence-electron chi connectivity index (χ0n) is 20.2. The Morgan fingerprint density at radius 1 is 1.22 bits per heavy atom. The summed E-state index contributed by atoms with van der Waals surface area (Å²) in [6.07, 6.45) is 0.608. The van der Waals surface area contributed by atoms with E-state index in [0.717, 1.165) is 0 Å². The number of ether oxygens (including phenoxy) is 2. The molecule has 2 rings (SSSR count). The molecule has 37 heavy (non-hydrogen) atoms. The van der Waals surface area contributed by atoms with E-state index in [9.17, 15) is 23.8 Å². The number of rotatable bonds is 15. The molecule has 0 saturated heterocycles. The molecule has 0 aliphatic heterocycles. The number of carbonyl (C=O) groups excluding carboxylic acids is 2. The van der Waals surface area contributed by atoms with E-state index >= 15 is 0 Å². The number of nitrogens with one attached hydrogen (secondary N) is 2. The first-order valence-corrected chi connectivity index (χ1v) is 15.1. The molecule has 16 heteroatoms. The smallest absolute Gasteiger partial charge is 0.320 e. The maximum Gasteiger partial charge on any atom is 0.320 e. The van der Waals surface area contributed by atoms with Crippen LogP contribution in [-0.4, -0.2) is 71.1 Å². The minimum absolute atomic E-state index is 0.0329. The second kappa shape index (κ2) is 15.8. The lowest BCUT2D eigenvalue weighted by atomic mass is 10.3. The number of nitrogens with zero attached hydrogens (tertiary/aromatic N) is 3. The molecule has 1 atom stereocenters. The molecule has 1 aromatic carbocycles. The molecule has 2 aromatic rings. The SMILES string of the molecule is CCOC(=O)CCP(=O)(CCCSc1nonc1C(=Nc1ccc(F)c(Br)c1)NO)NCC(=O)OCC. The molecule has 1 aromatic heterocycles. The number of esters is 2. The average molecular weight is 624 g/mol. The van der Waals surface area contributed by atoms with Crippen molar-refractivity contribution in [2.24, 2.45) is 4.99 Å². The summed E-state index contributed by atoms with van der Waals surface area (Å²) in [7, 11) is -3.11. The van der Waals surface area contributed by atoms with Crippen LogP contribution in [0.15, 0.2) is 37.3 Å². The van der Waals surface area contributed by atoms with Crippen molar-refractivity contribution < 1.29 is 37.9 Å². The summed E-state index contributed by atoms with van der Waals surface area (Å²) in [6.45, 7) is 3.53. The molecule has 0 spiro atoms. The van der Waals surface area contributed by atoms with Crippen LogP contribution in [0, 0.1) is 5.82 Å². The Kier molecular flexibility index (Phi) is 13.2. The summed E-state index contributed by atoms with van der Waals surface area (Å²) in [5, 5.41) is 20.2. The number of halogens is 2. The van der Waals surface area contributed by atoms with Crippen molar-refractivity contribution >= 4 is 58.4 Å². The molecule has 0 bridgehead atoms. The topological polar surface area (TPSA) is 165 Å². The van der Waals surface area contributed by atoms with Crippen LogP contribution >= 0.6 is 35.0 Å². The lowest BCUT2D eigenvalue weighted by Gasteiger charge is -2.19. The van der Waals surface area contributed by atoms with Crippen molar-refractivity contribution in [1.29, 1.82) is 0 Å². The molecule has 0 aliphatic rings. The van der Waals surface area contributed by atoms with Gasteiger partial charge in [-0.3, -0.25) is 25.4 Å². The highest BCUT2D eigenvalue weighted by atomic mass is 79.9. The van der Waals surface area contributed by atoms with Gasteiger partial charge in [-0.25, -0.2) is 14.0 Å². The van der Waals surface area contributed by atoms with Crippen LogP contribution in [0.1, 0.15) is 32.4 Å². The molecular weight excluding hydrogens is 596 g/mol. The van der Waals surface area contributed by atoms with Gasteiger partial charge in [0.2, 0.25) is 0 Å². The van der Waals surface area contributed by atoms with Gasteiger partial charge in [0.05, 0.1) is 36.3 Å². The van der Waals surface area contributed by atoms with Gasteiger partial charge in [-0.2, -0.15) is 0 Å². The van der Waals surface area contributed by atoms with Gasteiger partial charge in [0, 0.05) is 18.1 Å². The van der Waals surface area contributed by atoms with Crippen LogP contribution < -0.4 is 10.6 Å². The van der Waals surface area contributed by atoms with E-state index < -0.39 is 25.0 Å². The Hall–Kier alpha value is -2.32. The number of carbonyl (C=O) groups is 2. The summed E-state index contributed by atoms with van der Waals surface area (Å²) in [5.41, 5.74) is 2.40. The first kappa shape index (κ1) is 30.9. The normalized spacial score (nSPS) is 13.2. The van der Waals surface area contributed by atoms with E-state index in [1.165, 1.54) is 30.0 Å². The zero-order chi connectivity index (χ0) is 27.3. The van der Waals surface area contributed by atoms with E-state index in [0.29, 0.717) is 22.9 Å². The maximum absolute atomic E-state index is 13.5. The number of hydrogen-bond acceptors (Lipinski definition) is 11. The fourth-order valence-electron chi connectivity index (χ4n) is 2.92. The monoisotopic (exact) mass is 623 g/mol. The highest BCUT2D eigenvalue weighted by Gasteiger charge is 2.25. The fourth-order valence-corrected chi connectivity index (χ4v) is 6.51. The number of aliphatic imine (C=N–C) groups is 1. The second-order valence-corrected chi connectivity index (χ2v) is 12.2. The molecule has 12 nitrogen and oxygen atoms in total. The predicted molar refractivity (Wildman–Crippen MR) is 138 cm³/mol. The summed E-state index contributed by atoms with van der Waals surface area (Å²) in [6, 6.07) is 4.05. The maximum atomic E-state index is 13.5. The van der Waals surface area contributed by atoms with E-state index in [2.05, 4.69) is 36.3 Å². The Bertz CT molecular complexity index is 1110. The van der Waals surface area contributed by atoms with Crippen molar-refractivity contribution in [2.75, 3.05) is 37.8 Å². The fraction of sp³-hybridized carbons (Fsp3) is 0.476. The highest BCUT2D eigenvalue weighted by Crippen LogP contribution is 2.42. The molecule has 0 amide bonds. The predicted octanol–water partition coefficient (Wildman–Crippen LogP) is 3.89. The van der Waals surface area contributed by atoms with Crippen LogP contribution in [0.2, 0.25) is 0 Å². The quantitative estimate of drug-likeness (QED) is 0.0499. The Morgan fingerprint density at radius 2 is 1.95 bits per heavy atom. The molecule has 0 saturated carbocycles. The van der Waals surface area contributed by atoms with Crippen molar-refractivity contribution in [3.63, 3.8) is 0 Å². The van der Waals surface area contributed by atoms with E-state index in [1.807, 2.05) is 5.48 Å². The van der Waals surface area contributed by atoms with Crippen LogP contribution in [-0.2, 0) is 23.6 Å². The molecule has 0 fully saturated rings. The Labute approximate surface area is 225 Å². The van der Waals surface area contributed by atoms with Gasteiger partial charge in [-0.1, -0.05) is 0 Å². The summed E-state index contributed by atoms with van der Waals surface area (Å²) < 4.78 is 41.7. The highest BCUT2D eigenvalue weighted by molar-refractivity contribution is 9.10. The number of hydrogen-bond donors (Lipinski definition) is 3. The molecule has 0 aliphatic carbocycles. The van der Waals surface area contributed by atoms with Crippen LogP contribution in [0.3, 0.4) is 0 Å². The van der Waals surface area contributed by atoms with Gasteiger partial charge >= 0.3 is 11.9 Å². The van der Waals surface area contributed by atoms with Gasteiger partial charge < -0.3 is 14.0 Å². The molecule has 1 heterocycles. The van der Waals surface area contributed by atoms with Gasteiger partial charge in [-0.15, -0.1) is 11.8 Å². The molecular formula is C21H28BrFN5O7PS. The third-order valence-electron chi connectivity index (χ3n) is 4.63. The van der Waals surface area contributed by atoms with Crippen LogP contribution in [0.25, 0.3) is 0 Å². The zero-order valence-corrected chi connectivity index (χ0v) is 23.5. The number of hydroxylamine groups is 1. The third kappa shape index (κ3) is 10.5. The largest absolute Gasteiger partial charge is 0.466 e. The third-order valence-corrected chi connectivity index (χ3v) is 9.00. The van der Waals surface area contributed by atoms with Crippen LogP contribution in [0.4, 0.5) is 10.1 Å². The van der Waals surface area contributed by atoms with E-state index in [4.69, 9.17) is 14.1 Å². The van der Waals surface area contributed by atoms with Gasteiger partial charge in [0.1, 0.15) is 13.1 Å². The van der Waals surface area contributed by atoms with Crippen molar-refractivity contribution in [3.05, 3.63) is 34.2 Å². The van der Waals surface area contributed by atoms with Gasteiger partial charge in [-0.05, 0) is 64.7 Å². The average Bonchev–Trinajstić information content (AvgIpc) is 3.34. The molecule has 204 valence electrons. The number of thioether (sulfide) groups is 1. The molecule has 3 N–H and O–H groups in total.